The number of hydrogen-bond acceptors (Lipinski definition) is 7. The van der Waals surface area contributed by atoms with Crippen molar-refractivity contribution in [3.63, 3.8) is 0 Å². The van der Waals surface area contributed by atoms with E-state index < -0.39 is 46.4 Å². The van der Waals surface area contributed by atoms with E-state index in [-0.39, 0.29) is 26.4 Å². The van der Waals surface area contributed by atoms with Gasteiger partial charge in [-0.1, -0.05) is 91.0 Å². The molecule has 40 heavy (non-hydrogen) atoms. The summed E-state index contributed by atoms with van der Waals surface area (Å²) in [6.45, 7) is -0.322. The quantitative estimate of drug-likeness (QED) is 0.162. The van der Waals surface area contributed by atoms with Crippen LogP contribution >= 0.6 is 0 Å². The van der Waals surface area contributed by atoms with E-state index in [0.29, 0.717) is 11.1 Å². The summed E-state index contributed by atoms with van der Waals surface area (Å²) in [6.07, 6.45) is -8.95. The first kappa shape index (κ1) is 30.1. The Morgan fingerprint density at radius 1 is 0.675 bits per heavy atom. The summed E-state index contributed by atoms with van der Waals surface area (Å²) in [5.74, 6) is 0. The van der Waals surface area contributed by atoms with Crippen LogP contribution < -0.4 is 0 Å². The monoisotopic (exact) mass is 584 g/mol. The van der Waals surface area contributed by atoms with Crippen LogP contribution in [0.3, 0.4) is 0 Å². The second-order valence-corrected chi connectivity index (χ2v) is 10.6. The van der Waals surface area contributed by atoms with E-state index in [2.05, 4.69) is 4.18 Å². The zero-order chi connectivity index (χ0) is 28.6. The Morgan fingerprint density at radius 2 is 1.12 bits per heavy atom. The van der Waals surface area contributed by atoms with E-state index in [9.17, 15) is 21.6 Å². The summed E-state index contributed by atoms with van der Waals surface area (Å²) in [7, 11) is -6.19. The predicted octanol–water partition coefficient (Wildman–Crippen LogP) is 5.30. The van der Waals surface area contributed by atoms with Crippen molar-refractivity contribution < 1.29 is 49.1 Å². The van der Waals surface area contributed by atoms with Crippen molar-refractivity contribution in [1.29, 1.82) is 0 Å². The maximum absolute atomic E-state index is 15.3. The normalized spacial score (nSPS) is 23.6. The fourth-order valence-electron chi connectivity index (χ4n) is 4.10. The zero-order valence-electron chi connectivity index (χ0n) is 21.2. The number of benzene rings is 3. The molecular formula is C28H28F4O7S. The number of halogens is 4. The lowest BCUT2D eigenvalue weighted by Crippen LogP contribution is -2.61. The second-order valence-electron chi connectivity index (χ2n) is 9.01. The third-order valence-electron chi connectivity index (χ3n) is 6.06. The van der Waals surface area contributed by atoms with Crippen LogP contribution in [0.15, 0.2) is 91.0 Å². The topological polar surface area (TPSA) is 80.3 Å². The lowest BCUT2D eigenvalue weighted by atomic mass is 9.98. The molecule has 0 radical (unpaired) electrons. The molecule has 4 rings (SSSR count). The lowest BCUT2D eigenvalue weighted by molar-refractivity contribution is -0.283. The van der Waals surface area contributed by atoms with E-state index >= 15 is 4.39 Å². The highest BCUT2D eigenvalue weighted by Gasteiger charge is 2.55. The van der Waals surface area contributed by atoms with E-state index in [0.717, 1.165) is 5.56 Å². The Balaban J connectivity index is 1.61. The molecule has 0 amide bonds. The average molecular weight is 585 g/mol. The Bertz CT molecular complexity index is 1280. The molecule has 1 aliphatic heterocycles. The fourth-order valence-corrected chi connectivity index (χ4v) is 4.69. The van der Waals surface area contributed by atoms with E-state index in [1.165, 1.54) is 0 Å². The van der Waals surface area contributed by atoms with Gasteiger partial charge in [0.25, 0.3) is 0 Å². The summed E-state index contributed by atoms with van der Waals surface area (Å²) in [5, 5.41) is 0. The van der Waals surface area contributed by atoms with Gasteiger partial charge in [0.2, 0.25) is 6.36 Å². The van der Waals surface area contributed by atoms with Gasteiger partial charge in [0, 0.05) is 0 Å². The van der Waals surface area contributed by atoms with Crippen LogP contribution in [0.1, 0.15) is 16.7 Å². The number of hydrogen-bond donors (Lipinski definition) is 0. The van der Waals surface area contributed by atoms with E-state index in [1.807, 2.05) is 30.3 Å². The van der Waals surface area contributed by atoms with Crippen molar-refractivity contribution in [3.8, 4) is 0 Å². The van der Waals surface area contributed by atoms with Crippen LogP contribution in [0.2, 0.25) is 0 Å². The molecule has 1 heterocycles. The highest BCUT2D eigenvalue weighted by Crippen LogP contribution is 2.35. The molecule has 1 saturated heterocycles. The molecule has 0 aliphatic carbocycles. The minimum Gasteiger partial charge on any atom is -0.374 e. The molecule has 0 unspecified atom stereocenters. The van der Waals surface area contributed by atoms with Crippen molar-refractivity contribution in [2.45, 2.75) is 56.1 Å². The zero-order valence-corrected chi connectivity index (χ0v) is 22.0. The first-order valence-corrected chi connectivity index (χ1v) is 13.8. The van der Waals surface area contributed by atoms with Gasteiger partial charge in [-0.25, -0.2) is 4.39 Å². The maximum atomic E-state index is 15.3. The second kappa shape index (κ2) is 13.7. The molecule has 1 fully saturated rings. The first-order valence-electron chi connectivity index (χ1n) is 12.4. The molecule has 5 atom stereocenters. The molecule has 0 spiro atoms. The number of ether oxygens (including phenoxy) is 4. The number of rotatable bonds is 12. The molecule has 0 saturated carbocycles. The van der Waals surface area contributed by atoms with E-state index in [4.69, 9.17) is 18.9 Å². The maximum Gasteiger partial charge on any atom is 0.523 e. The molecule has 0 aromatic heterocycles. The van der Waals surface area contributed by atoms with Crippen LogP contribution in [0.4, 0.5) is 17.6 Å². The van der Waals surface area contributed by atoms with Gasteiger partial charge in [-0.3, -0.25) is 4.18 Å². The highest BCUT2D eigenvalue weighted by atomic mass is 32.2. The first-order chi connectivity index (χ1) is 19.1. The van der Waals surface area contributed by atoms with Crippen molar-refractivity contribution >= 4 is 10.1 Å². The molecule has 0 N–H and O–H groups in total. The third kappa shape index (κ3) is 8.09. The van der Waals surface area contributed by atoms with E-state index in [1.54, 1.807) is 60.7 Å². The third-order valence-corrected chi connectivity index (χ3v) is 7.11. The molecule has 1 aliphatic rings. The van der Waals surface area contributed by atoms with Crippen LogP contribution in [0, 0.1) is 0 Å². The lowest BCUT2D eigenvalue weighted by Gasteiger charge is -2.43. The average Bonchev–Trinajstić information content (AvgIpc) is 2.94. The molecule has 3 aromatic carbocycles. The minimum atomic E-state index is -6.19. The van der Waals surface area contributed by atoms with Crippen molar-refractivity contribution in [2.75, 3.05) is 6.61 Å². The van der Waals surface area contributed by atoms with Gasteiger partial charge >= 0.3 is 15.6 Å². The van der Waals surface area contributed by atoms with Gasteiger partial charge in [-0.2, -0.15) is 21.6 Å². The fraction of sp³-hybridized carbons (Fsp3) is 0.357. The Labute approximate surface area is 229 Å². The van der Waals surface area contributed by atoms with Crippen molar-refractivity contribution in [1.82, 2.24) is 0 Å². The Morgan fingerprint density at radius 3 is 1.60 bits per heavy atom. The van der Waals surface area contributed by atoms with Crippen molar-refractivity contribution in [3.05, 3.63) is 108 Å². The summed E-state index contributed by atoms with van der Waals surface area (Å²) < 4.78 is 106. The Hall–Kier alpha value is -2.87. The summed E-state index contributed by atoms with van der Waals surface area (Å²) in [6, 6.07) is 26.5. The highest BCUT2D eigenvalue weighted by molar-refractivity contribution is 7.87. The summed E-state index contributed by atoms with van der Waals surface area (Å²) in [4.78, 5) is 0. The van der Waals surface area contributed by atoms with Crippen LogP contribution in [-0.4, -0.2) is 51.3 Å². The standard InChI is InChI=1S/C28H28F4O7S/c29-27-26(39-40(33,34)28(30,31)32)25(37-18-22-14-8-3-9-15-22)24(36-17-21-12-6-2-7-13-21)23(38-27)19-35-16-20-10-4-1-5-11-20/h1-15,23-27H,16-19H2/t23-,24-,25+,26-,27-/m1/s1. The van der Waals surface area contributed by atoms with Gasteiger partial charge in [-0.05, 0) is 16.7 Å². The molecule has 0 bridgehead atoms. The van der Waals surface area contributed by atoms with Gasteiger partial charge in [0.05, 0.1) is 26.4 Å². The van der Waals surface area contributed by atoms with Crippen molar-refractivity contribution in [2.24, 2.45) is 0 Å². The van der Waals surface area contributed by atoms with Crippen LogP contribution in [-0.2, 0) is 53.1 Å². The Kier molecular flexibility index (Phi) is 10.3. The largest absolute Gasteiger partial charge is 0.523 e. The van der Waals surface area contributed by atoms with Gasteiger partial charge in [0.1, 0.15) is 18.3 Å². The van der Waals surface area contributed by atoms with Crippen LogP contribution in [0.25, 0.3) is 0 Å². The molecule has 216 valence electrons. The molecular weight excluding hydrogens is 556 g/mol. The molecule has 3 aromatic rings. The minimum absolute atomic E-state index is 0.0507. The van der Waals surface area contributed by atoms with Gasteiger partial charge in [0.15, 0.2) is 6.10 Å². The predicted molar refractivity (Wildman–Crippen MR) is 136 cm³/mol. The summed E-state index contributed by atoms with van der Waals surface area (Å²) in [5.41, 5.74) is -3.64. The molecule has 12 heteroatoms. The van der Waals surface area contributed by atoms with Crippen LogP contribution in [0.5, 0.6) is 0 Å². The van der Waals surface area contributed by atoms with Gasteiger partial charge in [-0.15, -0.1) is 0 Å². The molecule has 7 nitrogen and oxygen atoms in total. The van der Waals surface area contributed by atoms with Gasteiger partial charge < -0.3 is 18.9 Å². The summed E-state index contributed by atoms with van der Waals surface area (Å²) >= 11 is 0. The smallest absolute Gasteiger partial charge is 0.374 e. The SMILES string of the molecule is O=S(=O)(O[C@@H]1[C@@H](OCc2ccccc2)[C@H](OCc2ccccc2)[C@@H](COCc2ccccc2)O[C@H]1F)C(F)(F)F. The number of alkyl halides is 4.